The van der Waals surface area contributed by atoms with Crippen LogP contribution >= 0.6 is 0 Å². The predicted molar refractivity (Wildman–Crippen MR) is 66.6 cm³/mol. The van der Waals surface area contributed by atoms with Crippen molar-refractivity contribution in [3.05, 3.63) is 0 Å². The summed E-state index contributed by atoms with van der Waals surface area (Å²) in [4.78, 5) is 2.44. The summed E-state index contributed by atoms with van der Waals surface area (Å²) in [6.45, 7) is 7.79. The molecule has 3 nitrogen and oxygen atoms in total. The topological polar surface area (TPSA) is 24.5 Å². The van der Waals surface area contributed by atoms with E-state index in [1.54, 1.807) is 0 Å². The molecular formula is C13H26N2O. The number of likely N-dealkylation sites (tertiary alicyclic amines) is 1. The van der Waals surface area contributed by atoms with E-state index in [1.165, 1.54) is 32.4 Å². The molecule has 0 bridgehead atoms. The van der Waals surface area contributed by atoms with Crippen molar-refractivity contribution in [3.8, 4) is 0 Å². The van der Waals surface area contributed by atoms with E-state index in [9.17, 15) is 0 Å². The molecule has 0 spiro atoms. The molecule has 1 N–H and O–H groups in total. The number of nitrogens with zero attached hydrogens (tertiary/aromatic N) is 1. The maximum Gasteiger partial charge on any atom is 0.0604 e. The average molecular weight is 226 g/mol. The Kier molecular flexibility index (Phi) is 4.22. The van der Waals surface area contributed by atoms with Crippen LogP contribution in [0.3, 0.4) is 0 Å². The van der Waals surface area contributed by atoms with E-state index < -0.39 is 0 Å². The summed E-state index contributed by atoms with van der Waals surface area (Å²) >= 11 is 0. The van der Waals surface area contributed by atoms with E-state index in [4.69, 9.17) is 4.74 Å². The Labute approximate surface area is 99.5 Å². The number of piperidine rings is 1. The van der Waals surface area contributed by atoms with Crippen LogP contribution in [0.2, 0.25) is 0 Å². The van der Waals surface area contributed by atoms with E-state index in [-0.39, 0.29) is 0 Å². The zero-order valence-electron chi connectivity index (χ0n) is 10.9. The van der Waals surface area contributed by atoms with Gasteiger partial charge >= 0.3 is 0 Å². The van der Waals surface area contributed by atoms with Crippen molar-refractivity contribution < 1.29 is 4.74 Å². The Balaban J connectivity index is 1.67. The number of rotatable bonds is 4. The molecule has 1 aliphatic heterocycles. The van der Waals surface area contributed by atoms with Gasteiger partial charge in [0, 0.05) is 25.2 Å². The van der Waals surface area contributed by atoms with Gasteiger partial charge in [0.05, 0.1) is 6.10 Å². The highest BCUT2D eigenvalue weighted by Crippen LogP contribution is 2.26. The number of nitrogens with one attached hydrogen (secondary N) is 1. The number of ether oxygens (including phenoxy) is 1. The summed E-state index contributed by atoms with van der Waals surface area (Å²) < 4.78 is 5.59. The Morgan fingerprint density at radius 3 is 2.75 bits per heavy atom. The smallest absolute Gasteiger partial charge is 0.0604 e. The van der Waals surface area contributed by atoms with E-state index in [1.807, 2.05) is 0 Å². The Morgan fingerprint density at radius 2 is 2.12 bits per heavy atom. The van der Waals surface area contributed by atoms with Crippen molar-refractivity contribution in [1.29, 1.82) is 0 Å². The lowest BCUT2D eigenvalue weighted by Gasteiger charge is -2.42. The van der Waals surface area contributed by atoms with Gasteiger partial charge in [-0.15, -0.1) is 0 Å². The van der Waals surface area contributed by atoms with Crippen LogP contribution in [0, 0.1) is 5.92 Å². The van der Waals surface area contributed by atoms with Gasteiger partial charge in [-0.25, -0.2) is 0 Å². The van der Waals surface area contributed by atoms with Crippen molar-refractivity contribution in [2.24, 2.45) is 5.92 Å². The molecule has 0 aromatic rings. The maximum atomic E-state index is 5.59. The zero-order chi connectivity index (χ0) is 11.5. The molecule has 0 aromatic carbocycles. The highest BCUT2D eigenvalue weighted by molar-refractivity contribution is 4.91. The molecule has 2 fully saturated rings. The second-order valence-corrected chi connectivity index (χ2v) is 5.55. The Hall–Kier alpha value is -0.120. The Bertz CT molecular complexity index is 216. The van der Waals surface area contributed by atoms with Crippen molar-refractivity contribution in [2.75, 3.05) is 26.7 Å². The molecule has 0 amide bonds. The molecule has 1 saturated heterocycles. The minimum absolute atomic E-state index is 0.532. The predicted octanol–water partition coefficient (Wildman–Crippen LogP) is 1.48. The Morgan fingerprint density at radius 1 is 1.38 bits per heavy atom. The fourth-order valence-corrected chi connectivity index (χ4v) is 2.98. The molecule has 2 atom stereocenters. The first kappa shape index (κ1) is 12.3. The summed E-state index contributed by atoms with van der Waals surface area (Å²) in [5, 5.41) is 3.81. The van der Waals surface area contributed by atoms with Gasteiger partial charge in [0.25, 0.3) is 0 Å². The third kappa shape index (κ3) is 2.96. The van der Waals surface area contributed by atoms with Gasteiger partial charge in [-0.1, -0.05) is 6.92 Å². The molecule has 94 valence electrons. The fourth-order valence-electron chi connectivity index (χ4n) is 2.98. The summed E-state index contributed by atoms with van der Waals surface area (Å²) in [7, 11) is 2.22. The lowest BCUT2D eigenvalue weighted by atomic mass is 9.86. The molecule has 1 aliphatic carbocycles. The molecule has 2 aliphatic rings. The van der Waals surface area contributed by atoms with Crippen LogP contribution in [0.4, 0.5) is 0 Å². The van der Waals surface area contributed by atoms with Gasteiger partial charge in [0.2, 0.25) is 0 Å². The third-order valence-electron chi connectivity index (χ3n) is 4.06. The monoisotopic (exact) mass is 226 g/mol. The van der Waals surface area contributed by atoms with Gasteiger partial charge in [0.15, 0.2) is 0 Å². The second-order valence-electron chi connectivity index (χ2n) is 5.55. The fraction of sp³-hybridized carbons (Fsp3) is 1.00. The summed E-state index contributed by atoms with van der Waals surface area (Å²) in [6.07, 6.45) is 4.26. The van der Waals surface area contributed by atoms with E-state index in [0.717, 1.165) is 18.6 Å². The van der Waals surface area contributed by atoms with Crippen molar-refractivity contribution in [3.63, 3.8) is 0 Å². The van der Waals surface area contributed by atoms with Crippen LogP contribution in [0.25, 0.3) is 0 Å². The van der Waals surface area contributed by atoms with Crippen molar-refractivity contribution in [1.82, 2.24) is 10.2 Å². The van der Waals surface area contributed by atoms with Gasteiger partial charge in [0.1, 0.15) is 0 Å². The molecular weight excluding hydrogens is 200 g/mol. The van der Waals surface area contributed by atoms with Gasteiger partial charge < -0.3 is 15.0 Å². The third-order valence-corrected chi connectivity index (χ3v) is 4.06. The highest BCUT2D eigenvalue weighted by atomic mass is 16.5. The molecule has 16 heavy (non-hydrogen) atoms. The second kappa shape index (κ2) is 5.48. The molecule has 1 heterocycles. The molecule has 0 aromatic heterocycles. The molecule has 3 heteroatoms. The number of hydrogen-bond donors (Lipinski definition) is 1. The largest absolute Gasteiger partial charge is 0.378 e. The molecule has 0 radical (unpaired) electrons. The van der Waals surface area contributed by atoms with Crippen LogP contribution in [0.15, 0.2) is 0 Å². The summed E-state index contributed by atoms with van der Waals surface area (Å²) in [6, 6.07) is 1.44. The van der Waals surface area contributed by atoms with Crippen LogP contribution < -0.4 is 5.32 Å². The van der Waals surface area contributed by atoms with Crippen LogP contribution in [-0.2, 0) is 4.74 Å². The highest BCUT2D eigenvalue weighted by Gasteiger charge is 2.33. The van der Waals surface area contributed by atoms with Crippen LogP contribution in [0.1, 0.15) is 33.1 Å². The van der Waals surface area contributed by atoms with E-state index in [0.29, 0.717) is 12.1 Å². The van der Waals surface area contributed by atoms with Crippen molar-refractivity contribution >= 4 is 0 Å². The normalized spacial score (nSPS) is 40.7. The summed E-state index contributed by atoms with van der Waals surface area (Å²) in [5.74, 6) is 0.782. The first-order valence-electron chi connectivity index (χ1n) is 6.75. The average Bonchev–Trinajstić information content (AvgIpc) is 2.18. The van der Waals surface area contributed by atoms with Gasteiger partial charge in [-0.05, 0) is 45.7 Å². The van der Waals surface area contributed by atoms with Crippen LogP contribution in [-0.4, -0.2) is 49.8 Å². The lowest BCUT2D eigenvalue weighted by molar-refractivity contribution is -0.0163. The molecule has 1 saturated carbocycles. The standard InChI is InChI=1S/C13H26N2O/c1-4-16-12-7-11(8-12)14-13-5-6-15(3)9-10(13)2/h10-14H,4-9H2,1-3H3. The van der Waals surface area contributed by atoms with Crippen LogP contribution in [0.5, 0.6) is 0 Å². The maximum absolute atomic E-state index is 5.59. The molecule has 2 unspecified atom stereocenters. The molecule has 2 rings (SSSR count). The quantitative estimate of drug-likeness (QED) is 0.786. The first-order valence-corrected chi connectivity index (χ1v) is 6.75. The zero-order valence-corrected chi connectivity index (χ0v) is 10.9. The van der Waals surface area contributed by atoms with E-state index >= 15 is 0 Å². The van der Waals surface area contributed by atoms with E-state index in [2.05, 4.69) is 31.1 Å². The minimum Gasteiger partial charge on any atom is -0.378 e. The van der Waals surface area contributed by atoms with Crippen molar-refractivity contribution in [2.45, 2.75) is 51.3 Å². The SMILES string of the molecule is CCOC1CC(NC2CCN(C)CC2C)C1. The first-order chi connectivity index (χ1) is 7.69. The van der Waals surface area contributed by atoms with Gasteiger partial charge in [-0.3, -0.25) is 0 Å². The number of hydrogen-bond acceptors (Lipinski definition) is 3. The van der Waals surface area contributed by atoms with Gasteiger partial charge in [-0.2, -0.15) is 0 Å². The minimum atomic E-state index is 0.532. The summed E-state index contributed by atoms with van der Waals surface area (Å²) in [5.41, 5.74) is 0. The lowest BCUT2D eigenvalue weighted by Crippen LogP contribution is -2.55.